The Morgan fingerprint density at radius 3 is 1.83 bits per heavy atom. The van der Waals surface area contributed by atoms with E-state index >= 15 is 0 Å². The highest BCUT2D eigenvalue weighted by Gasteiger charge is 2.20. The number of hydrogen-bond acceptors (Lipinski definition) is 4. The van der Waals surface area contributed by atoms with Gasteiger partial charge >= 0.3 is 0 Å². The van der Waals surface area contributed by atoms with E-state index in [0.29, 0.717) is 0 Å². The third-order valence-electron chi connectivity index (χ3n) is 5.43. The van der Waals surface area contributed by atoms with Crippen LogP contribution in [0.15, 0.2) is 71.3 Å². The number of methoxy groups -OCH3 is 3. The summed E-state index contributed by atoms with van der Waals surface area (Å²) < 4.78 is 23.2. The molecule has 0 bridgehead atoms. The average Bonchev–Trinajstić information content (AvgIpc) is 3.21. The van der Waals surface area contributed by atoms with Crippen molar-refractivity contribution in [2.45, 2.75) is 0 Å². The van der Waals surface area contributed by atoms with Crippen molar-refractivity contribution in [3.8, 4) is 28.4 Å². The average molecular weight is 384 g/mol. The summed E-state index contributed by atoms with van der Waals surface area (Å²) in [5, 5.41) is 5.00. The van der Waals surface area contributed by atoms with Gasteiger partial charge in [0.05, 0.1) is 27.6 Å². The topological polar surface area (TPSA) is 40.8 Å². The van der Waals surface area contributed by atoms with E-state index in [-0.39, 0.29) is 0 Å². The largest absolute Gasteiger partial charge is 0.496 e. The summed E-state index contributed by atoms with van der Waals surface area (Å²) in [5.41, 5.74) is 2.68. The van der Waals surface area contributed by atoms with Gasteiger partial charge in [0, 0.05) is 38.1 Å². The lowest BCUT2D eigenvalue weighted by molar-refractivity contribution is 0.412. The fraction of sp³-hybridized carbons (Fsp3) is 0.120. The van der Waals surface area contributed by atoms with E-state index < -0.39 is 0 Å². The zero-order valence-electron chi connectivity index (χ0n) is 16.5. The van der Waals surface area contributed by atoms with Crippen LogP contribution in [0, 0.1) is 0 Å². The summed E-state index contributed by atoms with van der Waals surface area (Å²) in [6, 6.07) is 20.2. The SMILES string of the molecule is COc1cc(-c2coc3c2cc(OC)c2ccccc23)c(OC)c2ccccc12. The van der Waals surface area contributed by atoms with Gasteiger partial charge in [0.25, 0.3) is 0 Å². The number of ether oxygens (including phenoxy) is 3. The lowest BCUT2D eigenvalue weighted by Gasteiger charge is -2.15. The highest BCUT2D eigenvalue weighted by atomic mass is 16.5. The van der Waals surface area contributed by atoms with Crippen LogP contribution in [0.4, 0.5) is 0 Å². The molecule has 0 fully saturated rings. The molecule has 5 rings (SSSR count). The van der Waals surface area contributed by atoms with Crippen LogP contribution in [0.5, 0.6) is 17.2 Å². The fourth-order valence-electron chi connectivity index (χ4n) is 4.11. The normalized spacial score (nSPS) is 11.3. The minimum Gasteiger partial charge on any atom is -0.496 e. The summed E-state index contributed by atoms with van der Waals surface area (Å²) in [6.07, 6.45) is 1.78. The van der Waals surface area contributed by atoms with Crippen LogP contribution in [-0.4, -0.2) is 21.3 Å². The van der Waals surface area contributed by atoms with E-state index in [1.54, 1.807) is 27.6 Å². The van der Waals surface area contributed by atoms with E-state index in [2.05, 4.69) is 0 Å². The Balaban J connectivity index is 1.89. The van der Waals surface area contributed by atoms with Crippen molar-refractivity contribution in [1.82, 2.24) is 0 Å². The van der Waals surface area contributed by atoms with Gasteiger partial charge < -0.3 is 18.6 Å². The molecule has 0 atom stereocenters. The van der Waals surface area contributed by atoms with E-state index in [1.807, 2.05) is 60.7 Å². The quantitative estimate of drug-likeness (QED) is 0.358. The molecule has 0 aliphatic rings. The second-order valence-corrected chi connectivity index (χ2v) is 6.86. The van der Waals surface area contributed by atoms with Gasteiger partial charge in [-0.3, -0.25) is 0 Å². The Bertz CT molecular complexity index is 1360. The molecule has 0 aliphatic carbocycles. The van der Waals surface area contributed by atoms with Crippen molar-refractivity contribution in [3.05, 3.63) is 66.9 Å². The minimum absolute atomic E-state index is 0.788. The van der Waals surface area contributed by atoms with Gasteiger partial charge in [0.15, 0.2) is 0 Å². The predicted octanol–water partition coefficient (Wildman–Crippen LogP) is 6.43. The highest BCUT2D eigenvalue weighted by Crippen LogP contribution is 2.46. The first kappa shape index (κ1) is 17.4. The molecule has 144 valence electrons. The molecule has 5 aromatic rings. The second-order valence-electron chi connectivity index (χ2n) is 6.86. The lowest BCUT2D eigenvalue weighted by atomic mass is 9.96. The van der Waals surface area contributed by atoms with Gasteiger partial charge in [-0.1, -0.05) is 48.5 Å². The standard InChI is InChI=1S/C25H20O4/c1-26-22-12-19(24(28-3)17-10-6-4-8-15(17)22)21-14-29-25-18-11-7-5-9-16(18)23(27-2)13-20(21)25/h4-14H,1-3H3. The Morgan fingerprint density at radius 2 is 1.17 bits per heavy atom. The zero-order valence-corrected chi connectivity index (χ0v) is 16.5. The van der Waals surface area contributed by atoms with E-state index in [1.165, 1.54) is 0 Å². The van der Waals surface area contributed by atoms with Gasteiger partial charge in [-0.2, -0.15) is 0 Å². The van der Waals surface area contributed by atoms with Crippen molar-refractivity contribution >= 4 is 32.5 Å². The number of benzene rings is 4. The van der Waals surface area contributed by atoms with Crippen molar-refractivity contribution < 1.29 is 18.6 Å². The predicted molar refractivity (Wildman–Crippen MR) is 116 cm³/mol. The molecule has 0 saturated carbocycles. The molecule has 0 N–H and O–H groups in total. The Labute approximate surface area is 168 Å². The van der Waals surface area contributed by atoms with Gasteiger partial charge in [0.1, 0.15) is 22.8 Å². The fourth-order valence-corrected chi connectivity index (χ4v) is 4.11. The summed E-state index contributed by atoms with van der Waals surface area (Å²) in [6.45, 7) is 0. The molecule has 0 radical (unpaired) electrons. The van der Waals surface area contributed by atoms with Crippen LogP contribution >= 0.6 is 0 Å². The maximum absolute atomic E-state index is 6.05. The second kappa shape index (κ2) is 6.74. The summed E-state index contributed by atoms with van der Waals surface area (Å²) in [7, 11) is 5.06. The molecule has 29 heavy (non-hydrogen) atoms. The Hall–Kier alpha value is -3.66. The van der Waals surface area contributed by atoms with Crippen molar-refractivity contribution in [3.63, 3.8) is 0 Å². The summed E-state index contributed by atoms with van der Waals surface area (Å²) in [5.74, 6) is 2.39. The molecular formula is C25H20O4. The van der Waals surface area contributed by atoms with Crippen molar-refractivity contribution in [1.29, 1.82) is 0 Å². The van der Waals surface area contributed by atoms with E-state index in [4.69, 9.17) is 18.6 Å². The molecule has 0 spiro atoms. The summed E-state index contributed by atoms with van der Waals surface area (Å²) >= 11 is 0. The Kier molecular flexibility index (Phi) is 4.06. The maximum Gasteiger partial charge on any atom is 0.142 e. The molecule has 1 heterocycles. The number of rotatable bonds is 4. The first-order chi connectivity index (χ1) is 14.3. The molecule has 0 saturated heterocycles. The molecule has 4 nitrogen and oxygen atoms in total. The van der Waals surface area contributed by atoms with Crippen LogP contribution in [0.2, 0.25) is 0 Å². The van der Waals surface area contributed by atoms with Crippen LogP contribution in [0.25, 0.3) is 43.6 Å². The third kappa shape index (κ3) is 2.53. The molecule has 4 heteroatoms. The first-order valence-electron chi connectivity index (χ1n) is 9.38. The molecule has 0 amide bonds. The Morgan fingerprint density at radius 1 is 0.586 bits per heavy atom. The maximum atomic E-state index is 6.05. The molecule has 0 aliphatic heterocycles. The van der Waals surface area contributed by atoms with Gasteiger partial charge in [-0.25, -0.2) is 0 Å². The van der Waals surface area contributed by atoms with E-state index in [0.717, 1.165) is 60.9 Å². The van der Waals surface area contributed by atoms with Gasteiger partial charge in [-0.15, -0.1) is 0 Å². The van der Waals surface area contributed by atoms with E-state index in [9.17, 15) is 0 Å². The van der Waals surface area contributed by atoms with Gasteiger partial charge in [0.2, 0.25) is 0 Å². The van der Waals surface area contributed by atoms with Crippen molar-refractivity contribution in [2.75, 3.05) is 21.3 Å². The smallest absolute Gasteiger partial charge is 0.142 e. The van der Waals surface area contributed by atoms with Crippen LogP contribution < -0.4 is 14.2 Å². The lowest BCUT2D eigenvalue weighted by Crippen LogP contribution is -1.93. The van der Waals surface area contributed by atoms with Crippen LogP contribution in [0.1, 0.15) is 0 Å². The number of hydrogen-bond donors (Lipinski definition) is 0. The first-order valence-corrected chi connectivity index (χ1v) is 9.38. The number of furan rings is 1. The molecule has 4 aromatic carbocycles. The molecule has 0 unspecified atom stereocenters. The third-order valence-corrected chi connectivity index (χ3v) is 5.43. The molecular weight excluding hydrogens is 364 g/mol. The monoisotopic (exact) mass is 384 g/mol. The summed E-state index contributed by atoms with van der Waals surface area (Å²) in [4.78, 5) is 0. The van der Waals surface area contributed by atoms with Gasteiger partial charge in [-0.05, 0) is 12.1 Å². The number of fused-ring (bicyclic) bond motifs is 4. The minimum atomic E-state index is 0.788. The van der Waals surface area contributed by atoms with Crippen LogP contribution in [0.3, 0.4) is 0 Å². The van der Waals surface area contributed by atoms with Crippen LogP contribution in [-0.2, 0) is 0 Å². The zero-order chi connectivity index (χ0) is 20.0. The molecule has 1 aromatic heterocycles. The van der Waals surface area contributed by atoms with Crippen molar-refractivity contribution in [2.24, 2.45) is 0 Å². The highest BCUT2D eigenvalue weighted by molar-refractivity contribution is 6.13.